The van der Waals surface area contributed by atoms with Crippen LogP contribution in [0.2, 0.25) is 0 Å². The minimum absolute atomic E-state index is 0.0692. The van der Waals surface area contributed by atoms with Gasteiger partial charge in [-0.05, 0) is 60.9 Å². The zero-order chi connectivity index (χ0) is 19.7. The minimum Gasteiger partial charge on any atom is -0.493 e. The lowest BCUT2D eigenvalue weighted by atomic mass is 10.0. The highest BCUT2D eigenvalue weighted by Crippen LogP contribution is 2.42. The van der Waals surface area contributed by atoms with Crippen LogP contribution in [-0.4, -0.2) is 24.3 Å². The van der Waals surface area contributed by atoms with Crippen molar-refractivity contribution in [1.29, 1.82) is 0 Å². The van der Waals surface area contributed by atoms with E-state index in [-0.39, 0.29) is 12.6 Å². The molecular formula is C23H23NO4. The molecule has 0 N–H and O–H groups in total. The van der Waals surface area contributed by atoms with Crippen LogP contribution < -0.4 is 14.2 Å². The molecule has 28 heavy (non-hydrogen) atoms. The number of aromatic nitrogens is 1. The van der Waals surface area contributed by atoms with Crippen LogP contribution >= 0.6 is 0 Å². The number of Topliss-reactive ketones (excluding diaryl/α,β-unsaturated/α-hetero) is 1. The van der Waals surface area contributed by atoms with Crippen LogP contribution in [0.5, 0.6) is 17.2 Å². The number of allylic oxidation sites excluding steroid dienone is 1. The third-order valence-corrected chi connectivity index (χ3v) is 4.92. The zero-order valence-corrected chi connectivity index (χ0v) is 16.3. The summed E-state index contributed by atoms with van der Waals surface area (Å²) >= 11 is 0. The number of hydrogen-bond acceptors (Lipinski definition) is 4. The van der Waals surface area contributed by atoms with Crippen molar-refractivity contribution < 1.29 is 19.0 Å². The van der Waals surface area contributed by atoms with E-state index in [1.54, 1.807) is 19.2 Å². The normalized spacial score (nSPS) is 13.2. The van der Waals surface area contributed by atoms with Crippen molar-refractivity contribution in [2.24, 2.45) is 0 Å². The lowest BCUT2D eigenvalue weighted by molar-refractivity contribution is 0.103. The van der Waals surface area contributed by atoms with Crippen molar-refractivity contribution in [3.8, 4) is 17.2 Å². The number of fused-ring (bicyclic) bond motifs is 2. The molecule has 0 radical (unpaired) electrons. The molecule has 0 spiro atoms. The topological polar surface area (TPSA) is 49.7 Å². The molecule has 0 saturated heterocycles. The Morgan fingerprint density at radius 3 is 2.86 bits per heavy atom. The summed E-state index contributed by atoms with van der Waals surface area (Å²) in [7, 11) is 1.55. The fraction of sp³-hybridized carbons (Fsp3) is 0.261. The first-order valence-corrected chi connectivity index (χ1v) is 9.40. The molecule has 1 aromatic heterocycles. The van der Waals surface area contributed by atoms with Gasteiger partial charge in [-0.2, -0.15) is 0 Å². The van der Waals surface area contributed by atoms with Gasteiger partial charge in [-0.25, -0.2) is 0 Å². The second kappa shape index (κ2) is 7.43. The van der Waals surface area contributed by atoms with Gasteiger partial charge in [0, 0.05) is 29.2 Å². The predicted octanol–water partition coefficient (Wildman–Crippen LogP) is 5.07. The maximum absolute atomic E-state index is 12.9. The maximum atomic E-state index is 12.9. The van der Waals surface area contributed by atoms with E-state index in [4.69, 9.17) is 14.2 Å². The van der Waals surface area contributed by atoms with Crippen molar-refractivity contribution >= 4 is 22.8 Å². The van der Waals surface area contributed by atoms with Crippen molar-refractivity contribution in [3.63, 3.8) is 0 Å². The zero-order valence-electron chi connectivity index (χ0n) is 16.3. The van der Waals surface area contributed by atoms with E-state index in [0.29, 0.717) is 28.4 Å². The molecule has 0 fully saturated rings. The summed E-state index contributed by atoms with van der Waals surface area (Å²) in [5.74, 6) is 1.52. The minimum atomic E-state index is -0.0692. The summed E-state index contributed by atoms with van der Waals surface area (Å²) in [6.45, 7) is 5.13. The molecule has 2 aromatic carbocycles. The Labute approximate surface area is 164 Å². The van der Waals surface area contributed by atoms with E-state index in [0.717, 1.165) is 18.5 Å². The summed E-state index contributed by atoms with van der Waals surface area (Å²) in [5.41, 5.74) is 3.38. The molecule has 0 unspecified atom stereocenters. The summed E-state index contributed by atoms with van der Waals surface area (Å²) < 4.78 is 18.4. The third kappa shape index (κ3) is 3.24. The standard InChI is InChI=1S/C23H23NO4/c1-4-8-24-9-7-17-11-16(5-6-19(17)24)10-15(2)22(25)18-12-20(26-3)23-21(13-18)27-14-28-23/h5-7,9-13H,4,8,14H2,1-3H3/b15-10+. The van der Waals surface area contributed by atoms with E-state index in [2.05, 4.69) is 35.9 Å². The van der Waals surface area contributed by atoms with Crippen LogP contribution in [0.4, 0.5) is 0 Å². The van der Waals surface area contributed by atoms with Crippen LogP contribution in [0.3, 0.4) is 0 Å². The van der Waals surface area contributed by atoms with Crippen molar-refractivity contribution in [2.45, 2.75) is 26.8 Å². The van der Waals surface area contributed by atoms with Crippen LogP contribution in [0.1, 0.15) is 36.2 Å². The molecule has 5 heteroatoms. The largest absolute Gasteiger partial charge is 0.493 e. The Morgan fingerprint density at radius 2 is 2.07 bits per heavy atom. The van der Waals surface area contributed by atoms with Crippen molar-refractivity contribution in [2.75, 3.05) is 13.9 Å². The molecule has 1 aliphatic heterocycles. The number of benzene rings is 2. The molecular weight excluding hydrogens is 354 g/mol. The Hall–Kier alpha value is -3.21. The number of ketones is 1. The smallest absolute Gasteiger partial charge is 0.231 e. The van der Waals surface area contributed by atoms with E-state index >= 15 is 0 Å². The fourth-order valence-corrected chi connectivity index (χ4v) is 3.55. The van der Waals surface area contributed by atoms with Gasteiger partial charge >= 0.3 is 0 Å². The number of rotatable bonds is 6. The number of nitrogens with zero attached hydrogens (tertiary/aromatic N) is 1. The van der Waals surface area contributed by atoms with Crippen molar-refractivity contribution in [3.05, 3.63) is 59.3 Å². The van der Waals surface area contributed by atoms with Crippen molar-refractivity contribution in [1.82, 2.24) is 4.57 Å². The molecule has 0 bridgehead atoms. The second-order valence-corrected chi connectivity index (χ2v) is 6.90. The Kier molecular flexibility index (Phi) is 4.82. The van der Waals surface area contributed by atoms with E-state index in [1.165, 1.54) is 10.9 Å². The second-order valence-electron chi connectivity index (χ2n) is 6.90. The fourth-order valence-electron chi connectivity index (χ4n) is 3.55. The first-order chi connectivity index (χ1) is 13.6. The molecule has 1 aliphatic rings. The van der Waals surface area contributed by atoms with Gasteiger partial charge in [-0.15, -0.1) is 0 Å². The van der Waals surface area contributed by atoms with Gasteiger partial charge in [0.1, 0.15) is 0 Å². The molecule has 0 atom stereocenters. The first kappa shape index (κ1) is 18.2. The Balaban J connectivity index is 1.63. The van der Waals surface area contributed by atoms with Gasteiger partial charge in [0.15, 0.2) is 17.3 Å². The van der Waals surface area contributed by atoms with Gasteiger partial charge in [0.25, 0.3) is 0 Å². The average molecular weight is 377 g/mol. The molecule has 4 rings (SSSR count). The van der Waals surface area contributed by atoms with Gasteiger partial charge < -0.3 is 18.8 Å². The molecule has 3 aromatic rings. The number of ether oxygens (including phenoxy) is 3. The Bertz CT molecular complexity index is 1080. The van der Waals surface area contributed by atoms with Crippen LogP contribution in [0, 0.1) is 0 Å². The summed E-state index contributed by atoms with van der Waals surface area (Å²) in [6.07, 6.45) is 5.12. The third-order valence-electron chi connectivity index (χ3n) is 4.92. The van der Waals surface area contributed by atoms with E-state index in [9.17, 15) is 4.79 Å². The first-order valence-electron chi connectivity index (χ1n) is 9.40. The highest BCUT2D eigenvalue weighted by atomic mass is 16.7. The Morgan fingerprint density at radius 1 is 1.21 bits per heavy atom. The number of carbonyl (C=O) groups is 1. The number of methoxy groups -OCH3 is 1. The summed E-state index contributed by atoms with van der Waals surface area (Å²) in [5, 5.41) is 1.17. The lowest BCUT2D eigenvalue weighted by Gasteiger charge is -2.08. The van der Waals surface area contributed by atoms with E-state index in [1.807, 2.05) is 19.1 Å². The van der Waals surface area contributed by atoms with Gasteiger partial charge in [-0.1, -0.05) is 13.0 Å². The SMILES string of the molecule is CCCn1ccc2cc(/C=C(\C)C(=O)c3cc(OC)c4c(c3)OCO4)ccc21. The number of hydrogen-bond donors (Lipinski definition) is 0. The molecule has 0 amide bonds. The molecule has 0 saturated carbocycles. The summed E-state index contributed by atoms with van der Waals surface area (Å²) in [4.78, 5) is 12.9. The number of carbonyl (C=O) groups excluding carboxylic acids is 1. The van der Waals surface area contributed by atoms with Crippen LogP contribution in [0.15, 0.2) is 48.2 Å². The highest BCUT2D eigenvalue weighted by molar-refractivity contribution is 6.11. The van der Waals surface area contributed by atoms with E-state index < -0.39 is 0 Å². The predicted molar refractivity (Wildman–Crippen MR) is 109 cm³/mol. The number of aryl methyl sites for hydroxylation is 1. The summed E-state index contributed by atoms with van der Waals surface area (Å²) in [6, 6.07) is 11.8. The molecule has 144 valence electrons. The maximum Gasteiger partial charge on any atom is 0.231 e. The lowest BCUT2D eigenvalue weighted by Crippen LogP contribution is -2.01. The van der Waals surface area contributed by atoms with Gasteiger partial charge in [0.05, 0.1) is 7.11 Å². The average Bonchev–Trinajstić information content (AvgIpc) is 3.33. The van der Waals surface area contributed by atoms with Crippen LogP contribution in [0.25, 0.3) is 17.0 Å². The van der Waals surface area contributed by atoms with Crippen LogP contribution in [-0.2, 0) is 6.54 Å². The molecule has 2 heterocycles. The van der Waals surface area contributed by atoms with Gasteiger partial charge in [-0.3, -0.25) is 4.79 Å². The monoisotopic (exact) mass is 377 g/mol. The molecule has 5 nitrogen and oxygen atoms in total. The highest BCUT2D eigenvalue weighted by Gasteiger charge is 2.22. The quantitative estimate of drug-likeness (QED) is 0.444. The van der Waals surface area contributed by atoms with Gasteiger partial charge in [0.2, 0.25) is 12.5 Å². The molecule has 0 aliphatic carbocycles.